The van der Waals surface area contributed by atoms with Gasteiger partial charge in [0.25, 0.3) is 0 Å². The molecule has 29 heavy (non-hydrogen) atoms. The van der Waals surface area contributed by atoms with Crippen molar-refractivity contribution in [3.63, 3.8) is 0 Å². The Morgan fingerprint density at radius 1 is 1.00 bits per heavy atom. The summed E-state index contributed by atoms with van der Waals surface area (Å²) in [7, 11) is 0. The molecule has 0 unspecified atom stereocenters. The van der Waals surface area contributed by atoms with Crippen LogP contribution >= 0.6 is 11.8 Å². The van der Waals surface area contributed by atoms with Gasteiger partial charge in [-0.2, -0.15) is 5.26 Å². The minimum atomic E-state index is -0.124. The molecule has 0 fully saturated rings. The van der Waals surface area contributed by atoms with E-state index in [4.69, 9.17) is 4.98 Å². The Morgan fingerprint density at radius 3 is 2.31 bits per heavy atom. The number of carbonyl (C=O) groups is 1. The van der Waals surface area contributed by atoms with Crippen LogP contribution in [0.1, 0.15) is 47.4 Å². The minimum Gasteiger partial charge on any atom is -0.294 e. The first-order valence-corrected chi connectivity index (χ1v) is 10.7. The van der Waals surface area contributed by atoms with Gasteiger partial charge in [-0.05, 0) is 23.0 Å². The maximum absolute atomic E-state index is 13.1. The van der Waals surface area contributed by atoms with Crippen LogP contribution < -0.4 is 0 Å². The van der Waals surface area contributed by atoms with Crippen molar-refractivity contribution in [2.75, 3.05) is 0 Å². The van der Waals surface area contributed by atoms with Gasteiger partial charge in [-0.25, -0.2) is 4.98 Å². The molecular weight excluding hydrogens is 376 g/mol. The Morgan fingerprint density at radius 2 is 1.66 bits per heavy atom. The molecule has 0 saturated carbocycles. The largest absolute Gasteiger partial charge is 0.294 e. The number of benzene rings is 2. The standard InChI is InChI=1S/C25H22N2OS/c1-25(2)13-20-23(21(28)14-25)22(18-11-7-4-8-12-18)19(15-26)24(27-20)29-16-17-9-5-3-6-10-17/h3-12H,13-14,16H2,1-2H3. The summed E-state index contributed by atoms with van der Waals surface area (Å²) in [6.07, 6.45) is 1.21. The van der Waals surface area contributed by atoms with Gasteiger partial charge in [0.2, 0.25) is 0 Å². The number of rotatable bonds is 4. The van der Waals surface area contributed by atoms with Crippen LogP contribution in [0, 0.1) is 16.7 Å². The van der Waals surface area contributed by atoms with Crippen molar-refractivity contribution in [3.05, 3.63) is 83.0 Å². The van der Waals surface area contributed by atoms with Gasteiger partial charge in [0.15, 0.2) is 5.78 Å². The molecule has 2 aromatic carbocycles. The average molecular weight is 399 g/mol. The van der Waals surface area contributed by atoms with Crippen molar-refractivity contribution in [2.24, 2.45) is 5.41 Å². The fourth-order valence-corrected chi connectivity index (χ4v) is 4.87. The summed E-state index contributed by atoms with van der Waals surface area (Å²) in [5.74, 6) is 0.811. The van der Waals surface area contributed by atoms with Crippen LogP contribution in [-0.4, -0.2) is 10.8 Å². The molecule has 1 aromatic heterocycles. The van der Waals surface area contributed by atoms with Crippen molar-refractivity contribution in [2.45, 2.75) is 37.5 Å². The van der Waals surface area contributed by atoms with Crippen LogP contribution in [-0.2, 0) is 12.2 Å². The zero-order valence-electron chi connectivity index (χ0n) is 16.6. The van der Waals surface area contributed by atoms with Gasteiger partial charge in [0.1, 0.15) is 11.1 Å². The Balaban J connectivity index is 1.88. The van der Waals surface area contributed by atoms with Crippen molar-refractivity contribution in [1.29, 1.82) is 5.26 Å². The van der Waals surface area contributed by atoms with Crippen LogP contribution in [0.3, 0.4) is 0 Å². The molecule has 3 nitrogen and oxygen atoms in total. The molecule has 3 aromatic rings. The van der Waals surface area contributed by atoms with Crippen molar-refractivity contribution < 1.29 is 4.79 Å². The Kier molecular flexibility index (Phi) is 5.25. The van der Waals surface area contributed by atoms with Gasteiger partial charge in [-0.15, -0.1) is 11.8 Å². The predicted molar refractivity (Wildman–Crippen MR) is 117 cm³/mol. The highest BCUT2D eigenvalue weighted by Gasteiger charge is 2.36. The lowest BCUT2D eigenvalue weighted by Gasteiger charge is -2.31. The highest BCUT2D eigenvalue weighted by atomic mass is 32.2. The number of hydrogen-bond acceptors (Lipinski definition) is 4. The predicted octanol–water partition coefficient (Wildman–Crippen LogP) is 6.07. The van der Waals surface area contributed by atoms with E-state index >= 15 is 0 Å². The average Bonchev–Trinajstić information content (AvgIpc) is 2.71. The molecule has 0 spiro atoms. The third-order valence-corrected chi connectivity index (χ3v) is 6.24. The second-order valence-corrected chi connectivity index (χ2v) is 9.15. The third-order valence-electron chi connectivity index (χ3n) is 5.20. The molecule has 0 N–H and O–H groups in total. The summed E-state index contributed by atoms with van der Waals surface area (Å²) in [6, 6.07) is 22.3. The molecule has 4 heteroatoms. The van der Waals surface area contributed by atoms with Gasteiger partial charge in [0, 0.05) is 23.3 Å². The lowest BCUT2D eigenvalue weighted by molar-refractivity contribution is 0.0910. The molecule has 0 bridgehead atoms. The molecule has 0 saturated heterocycles. The summed E-state index contributed by atoms with van der Waals surface area (Å²) < 4.78 is 0. The third kappa shape index (κ3) is 3.97. The molecule has 0 amide bonds. The van der Waals surface area contributed by atoms with Crippen LogP contribution in [0.15, 0.2) is 65.7 Å². The lowest BCUT2D eigenvalue weighted by Crippen LogP contribution is -2.29. The highest BCUT2D eigenvalue weighted by molar-refractivity contribution is 7.98. The fraction of sp³-hybridized carbons (Fsp3) is 0.240. The molecule has 1 aliphatic carbocycles. The molecule has 144 valence electrons. The zero-order chi connectivity index (χ0) is 20.4. The molecule has 1 aliphatic rings. The minimum absolute atomic E-state index is 0.0821. The van der Waals surface area contributed by atoms with Crippen molar-refractivity contribution in [1.82, 2.24) is 4.98 Å². The number of thioether (sulfide) groups is 1. The van der Waals surface area contributed by atoms with Gasteiger partial charge in [0.05, 0.1) is 11.3 Å². The quantitative estimate of drug-likeness (QED) is 0.501. The van der Waals surface area contributed by atoms with Crippen LogP contribution in [0.5, 0.6) is 0 Å². The van der Waals surface area contributed by atoms with E-state index < -0.39 is 0 Å². The van der Waals surface area contributed by atoms with Gasteiger partial charge in [-0.3, -0.25) is 4.79 Å². The number of pyridine rings is 1. The number of nitriles is 1. The SMILES string of the molecule is CC1(C)CC(=O)c2c(nc(SCc3ccccc3)c(C#N)c2-c2ccccc2)C1. The van der Waals surface area contributed by atoms with Gasteiger partial charge >= 0.3 is 0 Å². The summed E-state index contributed by atoms with van der Waals surface area (Å²) in [5.41, 5.74) is 4.66. The molecule has 0 aliphatic heterocycles. The van der Waals surface area contributed by atoms with E-state index in [1.807, 2.05) is 48.5 Å². The molecule has 0 radical (unpaired) electrons. The highest BCUT2D eigenvalue weighted by Crippen LogP contribution is 2.42. The first-order valence-electron chi connectivity index (χ1n) is 9.71. The Labute approximate surface area is 175 Å². The first-order chi connectivity index (χ1) is 14.0. The van der Waals surface area contributed by atoms with E-state index in [0.717, 1.165) is 29.0 Å². The second kappa shape index (κ2) is 7.85. The molecule has 0 atom stereocenters. The van der Waals surface area contributed by atoms with E-state index in [1.165, 1.54) is 5.56 Å². The summed E-state index contributed by atoms with van der Waals surface area (Å²) in [6.45, 7) is 4.21. The van der Waals surface area contributed by atoms with Gasteiger partial charge < -0.3 is 0 Å². The van der Waals surface area contributed by atoms with E-state index in [1.54, 1.807) is 11.8 Å². The van der Waals surface area contributed by atoms with E-state index in [9.17, 15) is 10.1 Å². The lowest BCUT2D eigenvalue weighted by atomic mass is 9.73. The van der Waals surface area contributed by atoms with E-state index in [-0.39, 0.29) is 11.2 Å². The maximum atomic E-state index is 13.1. The number of carbonyl (C=O) groups excluding carboxylic acids is 1. The number of fused-ring (bicyclic) bond motifs is 1. The summed E-state index contributed by atoms with van der Waals surface area (Å²) >= 11 is 1.56. The topological polar surface area (TPSA) is 53.8 Å². The Bertz CT molecular complexity index is 1100. The van der Waals surface area contributed by atoms with Crippen LogP contribution in [0.2, 0.25) is 0 Å². The van der Waals surface area contributed by atoms with E-state index in [0.29, 0.717) is 22.6 Å². The number of hydrogen-bond donors (Lipinski definition) is 0. The van der Waals surface area contributed by atoms with E-state index in [2.05, 4.69) is 32.0 Å². The molecular formula is C25H22N2OS. The number of ketones is 1. The zero-order valence-corrected chi connectivity index (χ0v) is 17.4. The number of Topliss-reactive ketones (excluding diaryl/α,β-unsaturated/α-hetero) is 1. The van der Waals surface area contributed by atoms with Gasteiger partial charge in [-0.1, -0.05) is 74.5 Å². The first kappa shape index (κ1) is 19.4. The van der Waals surface area contributed by atoms with Crippen molar-refractivity contribution >= 4 is 17.5 Å². The summed E-state index contributed by atoms with van der Waals surface area (Å²) in [5, 5.41) is 10.7. The molecule has 1 heterocycles. The number of aromatic nitrogens is 1. The fourth-order valence-electron chi connectivity index (χ4n) is 3.91. The molecule has 4 rings (SSSR count). The second-order valence-electron chi connectivity index (χ2n) is 8.18. The number of nitrogens with zero attached hydrogens (tertiary/aromatic N) is 2. The smallest absolute Gasteiger partial charge is 0.165 e. The maximum Gasteiger partial charge on any atom is 0.165 e. The monoisotopic (exact) mass is 398 g/mol. The van der Waals surface area contributed by atoms with Crippen LogP contribution in [0.25, 0.3) is 11.1 Å². The van der Waals surface area contributed by atoms with Crippen LogP contribution in [0.4, 0.5) is 0 Å². The van der Waals surface area contributed by atoms with Crippen molar-refractivity contribution in [3.8, 4) is 17.2 Å². The summed E-state index contributed by atoms with van der Waals surface area (Å²) in [4.78, 5) is 17.9. The Hall–Kier alpha value is -2.90. The normalized spacial score (nSPS) is 14.9.